The van der Waals surface area contributed by atoms with Crippen molar-refractivity contribution in [3.05, 3.63) is 33.9 Å². The molecule has 2 aromatic rings. The number of ether oxygens (including phenoxy) is 2. The zero-order chi connectivity index (χ0) is 21.2. The lowest BCUT2D eigenvalue weighted by molar-refractivity contribution is -0.147. The molecule has 3 aliphatic rings. The SMILES string of the molecule is O=C(Cn1nc2c(cc1=O)CCc1nc(N3CCCCC3)ncc1-2)OCC1CCCO1. The van der Waals surface area contributed by atoms with Gasteiger partial charge < -0.3 is 14.4 Å². The van der Waals surface area contributed by atoms with Gasteiger partial charge in [0.25, 0.3) is 5.56 Å². The van der Waals surface area contributed by atoms with Gasteiger partial charge in [0.05, 0.1) is 17.5 Å². The molecule has 0 N–H and O–H groups in total. The first-order valence-corrected chi connectivity index (χ1v) is 11.2. The smallest absolute Gasteiger partial charge is 0.328 e. The molecule has 9 nitrogen and oxygen atoms in total. The van der Waals surface area contributed by atoms with E-state index >= 15 is 0 Å². The Hall–Kier alpha value is -2.81. The van der Waals surface area contributed by atoms with Crippen LogP contribution in [0.5, 0.6) is 0 Å². The summed E-state index contributed by atoms with van der Waals surface area (Å²) in [7, 11) is 0. The largest absolute Gasteiger partial charge is 0.462 e. The van der Waals surface area contributed by atoms with Crippen LogP contribution in [0, 0.1) is 0 Å². The van der Waals surface area contributed by atoms with Gasteiger partial charge in [0.2, 0.25) is 5.95 Å². The fraction of sp³-hybridized carbons (Fsp3) is 0.591. The van der Waals surface area contributed by atoms with E-state index in [4.69, 9.17) is 14.5 Å². The highest BCUT2D eigenvalue weighted by Crippen LogP contribution is 2.30. The highest BCUT2D eigenvalue weighted by molar-refractivity contribution is 5.70. The summed E-state index contributed by atoms with van der Waals surface area (Å²) in [5, 5.41) is 4.49. The van der Waals surface area contributed by atoms with Crippen LogP contribution in [0.15, 0.2) is 17.1 Å². The highest BCUT2D eigenvalue weighted by Gasteiger charge is 2.24. The predicted octanol–water partition coefficient (Wildman–Crippen LogP) is 1.51. The molecule has 2 fully saturated rings. The number of aryl methyl sites for hydroxylation is 2. The Labute approximate surface area is 180 Å². The van der Waals surface area contributed by atoms with E-state index in [0.717, 1.165) is 55.1 Å². The second kappa shape index (κ2) is 8.74. The Morgan fingerprint density at radius 3 is 2.87 bits per heavy atom. The van der Waals surface area contributed by atoms with Crippen LogP contribution in [0.4, 0.5) is 5.95 Å². The number of nitrogens with zero attached hydrogens (tertiary/aromatic N) is 5. The lowest BCUT2D eigenvalue weighted by Crippen LogP contribution is -2.32. The highest BCUT2D eigenvalue weighted by atomic mass is 16.6. The third-order valence-electron chi connectivity index (χ3n) is 6.19. The molecule has 0 aromatic carbocycles. The van der Waals surface area contributed by atoms with Gasteiger partial charge in [-0.05, 0) is 50.5 Å². The fourth-order valence-electron chi connectivity index (χ4n) is 4.48. The van der Waals surface area contributed by atoms with E-state index in [2.05, 4.69) is 15.0 Å². The van der Waals surface area contributed by atoms with Crippen LogP contribution in [0.1, 0.15) is 43.4 Å². The average Bonchev–Trinajstić information content (AvgIpc) is 3.32. The summed E-state index contributed by atoms with van der Waals surface area (Å²) in [5.74, 6) is 0.283. The summed E-state index contributed by atoms with van der Waals surface area (Å²) in [6.45, 7) is 2.67. The molecule has 5 rings (SSSR count). The molecule has 0 spiro atoms. The van der Waals surface area contributed by atoms with Crippen molar-refractivity contribution in [2.45, 2.75) is 57.6 Å². The number of hydrogen-bond donors (Lipinski definition) is 0. The average molecular weight is 425 g/mol. The minimum atomic E-state index is -0.488. The molecule has 164 valence electrons. The van der Waals surface area contributed by atoms with E-state index in [1.165, 1.54) is 23.9 Å². The minimum Gasteiger partial charge on any atom is -0.462 e. The Morgan fingerprint density at radius 2 is 2.06 bits per heavy atom. The number of piperidine rings is 1. The zero-order valence-corrected chi connectivity index (χ0v) is 17.6. The van der Waals surface area contributed by atoms with Gasteiger partial charge >= 0.3 is 5.97 Å². The first-order chi connectivity index (χ1) is 15.2. The maximum atomic E-state index is 12.5. The molecule has 1 atom stereocenters. The van der Waals surface area contributed by atoms with Crippen molar-refractivity contribution in [1.29, 1.82) is 0 Å². The lowest BCUT2D eigenvalue weighted by atomic mass is 9.94. The van der Waals surface area contributed by atoms with Crippen LogP contribution in [0.25, 0.3) is 11.3 Å². The summed E-state index contributed by atoms with van der Waals surface area (Å²) in [6, 6.07) is 1.57. The van der Waals surface area contributed by atoms with Crippen LogP contribution in [-0.4, -0.2) is 58.1 Å². The molecule has 9 heteroatoms. The van der Waals surface area contributed by atoms with Crippen molar-refractivity contribution in [1.82, 2.24) is 19.7 Å². The fourth-order valence-corrected chi connectivity index (χ4v) is 4.48. The predicted molar refractivity (Wildman–Crippen MR) is 113 cm³/mol. The van der Waals surface area contributed by atoms with E-state index in [-0.39, 0.29) is 24.8 Å². The van der Waals surface area contributed by atoms with Gasteiger partial charge in [0.15, 0.2) is 0 Å². The molecular formula is C22H27N5O4. The molecule has 0 amide bonds. The number of hydrogen-bond acceptors (Lipinski definition) is 8. The molecule has 2 saturated heterocycles. The Balaban J connectivity index is 1.35. The number of carbonyl (C=O) groups excluding carboxylic acids is 1. The van der Waals surface area contributed by atoms with Crippen LogP contribution >= 0.6 is 0 Å². The third kappa shape index (κ3) is 4.32. The molecule has 2 aliphatic heterocycles. The molecule has 2 aromatic heterocycles. The molecule has 31 heavy (non-hydrogen) atoms. The van der Waals surface area contributed by atoms with Crippen molar-refractivity contribution >= 4 is 11.9 Å². The first-order valence-electron chi connectivity index (χ1n) is 11.2. The monoisotopic (exact) mass is 425 g/mol. The summed E-state index contributed by atoms with van der Waals surface area (Å²) in [5.41, 5.74) is 3.03. The summed E-state index contributed by atoms with van der Waals surface area (Å²) >= 11 is 0. The van der Waals surface area contributed by atoms with E-state index in [1.807, 2.05) is 6.20 Å². The van der Waals surface area contributed by atoms with E-state index in [9.17, 15) is 9.59 Å². The van der Waals surface area contributed by atoms with Crippen LogP contribution in [0.3, 0.4) is 0 Å². The number of rotatable bonds is 5. The minimum absolute atomic E-state index is 0.0460. The molecule has 1 aliphatic carbocycles. The Bertz CT molecular complexity index is 1030. The van der Waals surface area contributed by atoms with E-state index in [1.54, 1.807) is 6.07 Å². The van der Waals surface area contributed by atoms with Gasteiger partial charge in [0.1, 0.15) is 13.2 Å². The van der Waals surface area contributed by atoms with Crippen LogP contribution < -0.4 is 10.5 Å². The molecule has 1 unspecified atom stereocenters. The van der Waals surface area contributed by atoms with E-state index in [0.29, 0.717) is 18.7 Å². The maximum Gasteiger partial charge on any atom is 0.328 e. The lowest BCUT2D eigenvalue weighted by Gasteiger charge is -2.28. The normalized spacial score (nSPS) is 20.3. The van der Waals surface area contributed by atoms with Gasteiger partial charge in [-0.15, -0.1) is 0 Å². The van der Waals surface area contributed by atoms with Gasteiger partial charge in [-0.3, -0.25) is 9.59 Å². The van der Waals surface area contributed by atoms with Gasteiger partial charge in [-0.2, -0.15) is 5.10 Å². The second-order valence-corrected chi connectivity index (χ2v) is 8.41. The van der Waals surface area contributed by atoms with Crippen molar-refractivity contribution in [2.75, 3.05) is 31.2 Å². The molecule has 0 bridgehead atoms. The van der Waals surface area contributed by atoms with Crippen molar-refractivity contribution in [2.24, 2.45) is 0 Å². The van der Waals surface area contributed by atoms with Crippen molar-refractivity contribution < 1.29 is 14.3 Å². The van der Waals surface area contributed by atoms with Crippen molar-refractivity contribution in [3.8, 4) is 11.3 Å². The van der Waals surface area contributed by atoms with Gasteiger partial charge in [-0.1, -0.05) is 0 Å². The standard InChI is InChI=1S/C22H27N5O4/c28-19-11-15-6-7-18-17(12-23-22(24-18)26-8-2-1-3-9-26)21(15)25-27(19)13-20(29)31-14-16-5-4-10-30-16/h11-12,16H,1-10,13-14H2. The maximum absolute atomic E-state index is 12.5. The second-order valence-electron chi connectivity index (χ2n) is 8.41. The Kier molecular flexibility index (Phi) is 5.67. The van der Waals surface area contributed by atoms with Crippen molar-refractivity contribution in [3.63, 3.8) is 0 Å². The third-order valence-corrected chi connectivity index (χ3v) is 6.19. The summed E-state index contributed by atoms with van der Waals surface area (Å²) in [4.78, 5) is 36.4. The van der Waals surface area contributed by atoms with E-state index < -0.39 is 5.97 Å². The number of anilines is 1. The van der Waals surface area contributed by atoms with Gasteiger partial charge in [-0.25, -0.2) is 14.6 Å². The van der Waals surface area contributed by atoms with Crippen LogP contribution in [0.2, 0.25) is 0 Å². The number of carbonyl (C=O) groups is 1. The molecule has 4 heterocycles. The van der Waals surface area contributed by atoms with Gasteiger partial charge in [0, 0.05) is 37.5 Å². The van der Waals surface area contributed by atoms with Crippen LogP contribution in [-0.2, 0) is 33.7 Å². The summed E-state index contributed by atoms with van der Waals surface area (Å²) in [6.07, 6.45) is 8.67. The number of fused-ring (bicyclic) bond motifs is 3. The topological polar surface area (TPSA) is 99.4 Å². The zero-order valence-electron chi connectivity index (χ0n) is 17.6. The Morgan fingerprint density at radius 1 is 1.19 bits per heavy atom. The molecular weight excluding hydrogens is 398 g/mol. The molecule has 0 radical (unpaired) electrons. The quantitative estimate of drug-likeness (QED) is 0.665. The number of aromatic nitrogens is 4. The number of esters is 1. The summed E-state index contributed by atoms with van der Waals surface area (Å²) < 4.78 is 11.9. The first kappa shape index (κ1) is 20.1. The molecule has 0 saturated carbocycles.